The van der Waals surface area contributed by atoms with Gasteiger partial charge in [-0.15, -0.1) is 0 Å². The largest absolute Gasteiger partial charge is 0.394 e. The highest BCUT2D eigenvalue weighted by atomic mass is 16.8. The van der Waals surface area contributed by atoms with E-state index in [0.717, 1.165) is 13.8 Å². The molecule has 872 valence electrons. The number of carbonyl (C=O) groups is 2. The van der Waals surface area contributed by atoms with Crippen molar-refractivity contribution in [3.8, 4) is 0 Å². The minimum absolute atomic E-state index is 0.847. The van der Waals surface area contributed by atoms with Crippen LogP contribution < -0.4 is 10.6 Å². The van der Waals surface area contributed by atoms with Crippen LogP contribution in [0.5, 0.6) is 0 Å². The molecule has 0 aromatic heterocycles. The average molecular weight is 2210 g/mol. The van der Waals surface area contributed by atoms with Crippen LogP contribution in [0.2, 0.25) is 0 Å². The van der Waals surface area contributed by atoms with Gasteiger partial charge in [0.15, 0.2) is 81.8 Å². The number of aliphatic hydroxyl groups excluding tert-OH is 39. The van der Waals surface area contributed by atoms with Crippen LogP contribution in [0, 0.1) is 0 Å². The van der Waals surface area contributed by atoms with Crippen molar-refractivity contribution in [2.24, 2.45) is 0 Å². The van der Waals surface area contributed by atoms with Gasteiger partial charge in [0.25, 0.3) is 0 Å². The summed E-state index contributed by atoms with van der Waals surface area (Å²) in [6, 6.07) is -3.79. The topological polar surface area (TPSA) is 1080 Å². The zero-order valence-electron chi connectivity index (χ0n) is 79.2. The Morgan fingerprint density at radius 1 is 0.173 bits per heavy atom. The minimum atomic E-state index is -2.77. The van der Waals surface area contributed by atoms with Gasteiger partial charge in [-0.3, -0.25) is 9.59 Å². The summed E-state index contributed by atoms with van der Waals surface area (Å²) >= 11 is 0. The van der Waals surface area contributed by atoms with Crippen LogP contribution in [0.1, 0.15) is 13.8 Å². The number of nitrogens with one attached hydrogen (secondary N) is 2. The highest BCUT2D eigenvalue weighted by Gasteiger charge is 2.65. The highest BCUT2D eigenvalue weighted by molar-refractivity contribution is 5.73. The molecule has 0 saturated carbocycles. The van der Waals surface area contributed by atoms with Crippen LogP contribution in [0.15, 0.2) is 0 Å². The SMILES string of the molecule is CC(=O)N[C@H]1[C@H](O[C@H]2[C@H](O)[C@@H](NC(C)=O)C(O)O[C@@H]2CO)O[C@H](CO)[C@@H](O[C@@H]2O[C@H](CO[C@H]3O[C@H](CO[C@H]4O[C@H](CO)[C@@H](O)[C@H](O)[C@@H]4O)[C@@H](O)[C@H](O[C@H]4O[C@H](CO)[C@@H](O)[C@@H](O)[C@@H]4O[C@H]4O[C@H](CO)[C@@H](O)[C@H](O)[C@@H]4O)[C@@H]3O)[C@@H](O)[C@H](O[C@H]3O[C@H](CO)[C@@H](O)[C@H](O)[C@@H]3O[C@H]3O[C@H](CO)[C@@H](O)[C@H](O)[C@@H]3O[C@H]3O[C@H](CO)[C@@H](O)[C@H](O[C@H]4O[C@H](CO)[C@@H](O)[C@H](O[C@H]5O[C@H](CO)[C@@H](O)[C@H](O)[C@H]5O[C@H]5O[C@H](CO)[C@@H](O)[C@H](O)[C@H]5O)[C@H]4O)[C@@H]3O)[C@@H]2O)[C@@H]1O. The normalized spacial score (nSPS) is 52.1. The number of hydrogen-bond acceptors (Lipinski definition) is 66. The summed E-state index contributed by atoms with van der Waals surface area (Å²) in [7, 11) is 0. The zero-order chi connectivity index (χ0) is 110. The Morgan fingerprint density at radius 3 is 0.667 bits per heavy atom. The lowest BCUT2D eigenvalue weighted by atomic mass is 9.94. The first-order chi connectivity index (χ1) is 71.1. The number of rotatable bonds is 39. The molecule has 0 aliphatic carbocycles. The quantitative estimate of drug-likeness (QED) is 0.0272. The lowest BCUT2D eigenvalue weighted by Gasteiger charge is -2.51. The van der Waals surface area contributed by atoms with Gasteiger partial charge >= 0.3 is 0 Å². The molecule has 13 heterocycles. The van der Waals surface area contributed by atoms with Crippen LogP contribution in [0.4, 0.5) is 0 Å². The number of aliphatic hydroxyl groups is 39. The molecule has 13 saturated heterocycles. The predicted molar refractivity (Wildman–Crippen MR) is 451 cm³/mol. The summed E-state index contributed by atoms with van der Waals surface area (Å²) in [5, 5.41) is 443. The minimum Gasteiger partial charge on any atom is -0.394 e. The monoisotopic (exact) mass is 2210 g/mol. The highest BCUT2D eigenvalue weighted by Crippen LogP contribution is 2.44. The molecule has 68 nitrogen and oxygen atoms in total. The Morgan fingerprint density at radius 2 is 0.360 bits per heavy atom. The molecule has 13 aliphatic rings. The fourth-order valence-electron chi connectivity index (χ4n) is 19.4. The van der Waals surface area contributed by atoms with Gasteiger partial charge < -0.3 is 328 Å². The summed E-state index contributed by atoms with van der Waals surface area (Å²) in [5.74, 6) is -1.87. The number of carbonyl (C=O) groups excluding carboxylic acids is 2. The van der Waals surface area contributed by atoms with Crippen molar-refractivity contribution in [3.63, 3.8) is 0 Å². The predicted octanol–water partition coefficient (Wildman–Crippen LogP) is -29.0. The van der Waals surface area contributed by atoms with Crippen molar-refractivity contribution in [1.29, 1.82) is 0 Å². The fraction of sp³-hybridized carbons (Fsp3) is 0.976. The van der Waals surface area contributed by atoms with E-state index in [1.54, 1.807) is 0 Å². The maximum atomic E-state index is 13.2. The first-order valence-corrected chi connectivity index (χ1v) is 47.7. The Labute approximate surface area is 845 Å². The van der Waals surface area contributed by atoms with Gasteiger partial charge in [-0.25, -0.2) is 0 Å². The standard InChI is InChI=1S/C82H138N2O66/c1-16(96)83-31-44(109)60(27(12-94)128-70(31)125)141-71-32(84-17(2)97)45(110)61(28(13-95)138-71)142-78-59(124)65(43(108)30(140-78)15-127-73-56(121)64(42(107)29(139-73)14-126-72-53(118)46(111)33(98)18(3-85)129-72)145-80-67(50(115)37(102)22(7-89)135-80)148-75-55(120)48(113)35(100)20(5-87)131-75)146-81-69(52(117)39(104)23(8-90)136-81)150-82-68(51(116)38(103)24(9-91)137-82)149-77-57(122)62(40(105)25(10-92)133-77)143-76-58(123)63(41(106)26(11-93)132-76)144-79-66(49(114)36(101)21(6-88)134-79)147-74-54(119)47(112)34(99)19(4-86)130-74/h18-82,85-95,98-125H,3-15H2,1-2H3,(H,83,96)(H,84,97)/t18-,19-,20-,21-,22-,23-,24-,25-,26-,27-,28-,29-,30-,31-,32-,33-,34-,35-,36-,37-,38-,39-,40-,41-,42-,43-,44-,45-,46+,47+,48+,49+,50-,51+,52+,53+,54-,55+,56+,57+,58-,59+,60-,61-,62+,63+,64+,65+,66-,67+,68+,69+,70?,71+,72+,73+,74-,75-,76-,77-,78+,79-,80-,81-,82-/m1/s1. The smallest absolute Gasteiger partial charge is 0.217 e. The maximum Gasteiger partial charge on any atom is 0.217 e. The van der Waals surface area contributed by atoms with Gasteiger partial charge in [0.1, 0.15) is 317 Å². The van der Waals surface area contributed by atoms with Crippen molar-refractivity contribution in [2.45, 2.75) is 413 Å². The van der Waals surface area contributed by atoms with Gasteiger partial charge in [0, 0.05) is 13.8 Å². The molecule has 65 atom stereocenters. The lowest BCUT2D eigenvalue weighted by Crippen LogP contribution is -2.70. The van der Waals surface area contributed by atoms with Crippen molar-refractivity contribution in [1.82, 2.24) is 10.6 Å². The van der Waals surface area contributed by atoms with Crippen LogP contribution >= 0.6 is 0 Å². The molecular formula is C82H138N2O66. The summed E-state index contributed by atoms with van der Waals surface area (Å²) < 4.78 is 147. The third kappa shape index (κ3) is 26.2. The Bertz CT molecular complexity index is 4070. The zero-order valence-corrected chi connectivity index (χ0v) is 79.2. The first-order valence-electron chi connectivity index (χ1n) is 47.7. The van der Waals surface area contributed by atoms with Crippen molar-refractivity contribution >= 4 is 11.8 Å². The van der Waals surface area contributed by atoms with Gasteiger partial charge in [-0.2, -0.15) is 0 Å². The molecule has 0 aromatic rings. The van der Waals surface area contributed by atoms with Crippen molar-refractivity contribution in [2.75, 3.05) is 85.9 Å². The van der Waals surface area contributed by atoms with Crippen LogP contribution in [-0.4, -0.2) is 696 Å². The molecule has 41 N–H and O–H groups in total. The molecular weight excluding hydrogens is 2070 g/mol. The van der Waals surface area contributed by atoms with Crippen LogP contribution in [0.25, 0.3) is 0 Å². The third-order valence-corrected chi connectivity index (χ3v) is 28.0. The summed E-state index contributed by atoms with van der Waals surface area (Å²) in [4.78, 5) is 25.5. The van der Waals surface area contributed by atoms with E-state index in [1.165, 1.54) is 0 Å². The van der Waals surface area contributed by atoms with Gasteiger partial charge in [-0.05, 0) is 0 Å². The van der Waals surface area contributed by atoms with E-state index in [4.69, 9.17) is 118 Å². The first kappa shape index (κ1) is 123. The molecule has 0 radical (unpaired) electrons. The van der Waals surface area contributed by atoms with Gasteiger partial charge in [0.2, 0.25) is 11.8 Å². The molecule has 2 amide bonds. The van der Waals surface area contributed by atoms with E-state index in [0.29, 0.717) is 0 Å². The van der Waals surface area contributed by atoms with Crippen LogP contribution in [0.3, 0.4) is 0 Å². The van der Waals surface area contributed by atoms with E-state index < -0.39 is 497 Å². The number of amides is 2. The molecule has 1 unspecified atom stereocenters. The molecule has 13 rings (SSSR count). The number of ether oxygens (including phenoxy) is 25. The van der Waals surface area contributed by atoms with Crippen molar-refractivity contribution < 1.29 is 327 Å². The van der Waals surface area contributed by atoms with Crippen LogP contribution in [-0.2, 0) is 128 Å². The Kier molecular flexibility index (Phi) is 44.2. The molecule has 68 heteroatoms. The van der Waals surface area contributed by atoms with E-state index in [9.17, 15) is 209 Å². The van der Waals surface area contributed by atoms with E-state index >= 15 is 0 Å². The second-order valence-electron chi connectivity index (χ2n) is 38.0. The Hall–Kier alpha value is -3.62. The lowest BCUT2D eigenvalue weighted by molar-refractivity contribution is -0.413. The molecule has 13 aliphatic heterocycles. The summed E-state index contributed by atoms with van der Waals surface area (Å²) in [5.41, 5.74) is 0. The second kappa shape index (κ2) is 53.8. The Balaban J connectivity index is 0.819. The molecule has 0 aromatic carbocycles. The van der Waals surface area contributed by atoms with E-state index in [1.807, 2.05) is 0 Å². The van der Waals surface area contributed by atoms with Crippen molar-refractivity contribution in [3.05, 3.63) is 0 Å². The molecule has 0 bridgehead atoms. The maximum absolute atomic E-state index is 13.2. The average Bonchev–Trinajstić information content (AvgIpc) is 0.767. The van der Waals surface area contributed by atoms with Gasteiger partial charge in [-0.1, -0.05) is 0 Å². The molecule has 150 heavy (non-hydrogen) atoms. The second-order valence-corrected chi connectivity index (χ2v) is 38.0. The molecule has 13 fully saturated rings. The van der Waals surface area contributed by atoms with E-state index in [2.05, 4.69) is 10.6 Å². The fourth-order valence-corrected chi connectivity index (χ4v) is 19.4. The van der Waals surface area contributed by atoms with E-state index in [-0.39, 0.29) is 0 Å². The molecule has 0 spiro atoms. The van der Waals surface area contributed by atoms with Gasteiger partial charge in [0.05, 0.1) is 85.9 Å². The third-order valence-electron chi connectivity index (χ3n) is 28.0. The summed E-state index contributed by atoms with van der Waals surface area (Å²) in [6.45, 7) is -13.7. The number of hydrogen-bond donors (Lipinski definition) is 41. The summed E-state index contributed by atoms with van der Waals surface area (Å²) in [6.07, 6.45) is -143.